The number of hydrogen-bond donors (Lipinski definition) is 2. The average Bonchev–Trinajstić information content (AvgIpc) is 2.89. The second kappa shape index (κ2) is 5.16. The molecule has 108 valence electrons. The van der Waals surface area contributed by atoms with E-state index in [2.05, 4.69) is 34.9 Å². The third-order valence-corrected chi connectivity index (χ3v) is 4.23. The van der Waals surface area contributed by atoms with E-state index in [-0.39, 0.29) is 0 Å². The number of para-hydroxylation sites is 1. The van der Waals surface area contributed by atoms with Gasteiger partial charge in [-0.2, -0.15) is 0 Å². The van der Waals surface area contributed by atoms with E-state index in [9.17, 15) is 10.0 Å². The van der Waals surface area contributed by atoms with Crippen molar-refractivity contribution in [2.45, 2.75) is 12.8 Å². The fourth-order valence-electron chi connectivity index (χ4n) is 3.19. The lowest BCUT2D eigenvalue weighted by atomic mass is 9.80. The van der Waals surface area contributed by atoms with Crippen LogP contribution in [-0.4, -0.2) is 21.7 Å². The van der Waals surface area contributed by atoms with Crippen LogP contribution in [0.3, 0.4) is 0 Å². The molecular weight excluding hydrogens is 273 g/mol. The van der Waals surface area contributed by atoms with Crippen molar-refractivity contribution in [3.05, 3.63) is 60.7 Å². The van der Waals surface area contributed by atoms with E-state index in [1.54, 1.807) is 6.07 Å². The van der Waals surface area contributed by atoms with Crippen LogP contribution in [0.1, 0.15) is 12.8 Å². The summed E-state index contributed by atoms with van der Waals surface area (Å²) in [5, 5.41) is 21.0. The molecule has 1 aliphatic rings. The highest BCUT2D eigenvalue weighted by Gasteiger charge is 2.16. The highest BCUT2D eigenvalue weighted by atomic mass is 16.4. The first-order valence-electron chi connectivity index (χ1n) is 7.52. The van der Waals surface area contributed by atoms with Crippen molar-refractivity contribution in [3.8, 4) is 0 Å². The molecule has 0 aliphatic heterocycles. The minimum absolute atomic E-state index is 0.517. The number of allylic oxidation sites excluding steroid dienone is 4. The van der Waals surface area contributed by atoms with E-state index in [0.717, 1.165) is 34.6 Å². The molecule has 0 fully saturated rings. The van der Waals surface area contributed by atoms with Crippen LogP contribution in [-0.2, 0) is 0 Å². The Hall–Kier alpha value is -2.30. The van der Waals surface area contributed by atoms with Gasteiger partial charge in [0.15, 0.2) is 0 Å². The van der Waals surface area contributed by atoms with Crippen LogP contribution >= 0.6 is 0 Å². The Kier molecular flexibility index (Phi) is 3.14. The van der Waals surface area contributed by atoms with Gasteiger partial charge >= 0.3 is 7.12 Å². The first kappa shape index (κ1) is 13.4. The second-order valence-corrected chi connectivity index (χ2v) is 5.61. The largest absolute Gasteiger partial charge is 0.488 e. The molecule has 4 heteroatoms. The first-order chi connectivity index (χ1) is 10.8. The summed E-state index contributed by atoms with van der Waals surface area (Å²) in [4.78, 5) is 0. The topological polar surface area (TPSA) is 45.4 Å². The number of fused-ring (bicyclic) bond motifs is 3. The van der Waals surface area contributed by atoms with Crippen LogP contribution in [0.25, 0.3) is 27.5 Å². The van der Waals surface area contributed by atoms with Gasteiger partial charge in [0.25, 0.3) is 0 Å². The number of aromatic nitrogens is 1. The number of rotatable bonds is 2. The van der Waals surface area contributed by atoms with Gasteiger partial charge in [-0.05, 0) is 36.5 Å². The SMILES string of the molecule is OB(O)c1ccc2c(c1)c1ccccc1n2C1=CCCC=C1. The first-order valence-corrected chi connectivity index (χ1v) is 7.52. The zero-order valence-electron chi connectivity index (χ0n) is 12.1. The molecule has 22 heavy (non-hydrogen) atoms. The molecule has 1 aromatic heterocycles. The number of benzene rings is 2. The van der Waals surface area contributed by atoms with Crippen molar-refractivity contribution in [3.63, 3.8) is 0 Å². The van der Waals surface area contributed by atoms with Crippen molar-refractivity contribution in [1.29, 1.82) is 0 Å². The van der Waals surface area contributed by atoms with E-state index in [1.165, 1.54) is 5.70 Å². The summed E-state index contributed by atoms with van der Waals surface area (Å²) >= 11 is 0. The average molecular weight is 289 g/mol. The fraction of sp³-hybridized carbons (Fsp3) is 0.111. The molecule has 0 saturated carbocycles. The number of nitrogens with zero attached hydrogens (tertiary/aromatic N) is 1. The van der Waals surface area contributed by atoms with Gasteiger partial charge in [0, 0.05) is 16.5 Å². The molecule has 2 N–H and O–H groups in total. The summed E-state index contributed by atoms with van der Waals surface area (Å²) in [6, 6.07) is 13.8. The molecule has 3 aromatic rings. The summed E-state index contributed by atoms with van der Waals surface area (Å²) in [5.74, 6) is 0. The van der Waals surface area contributed by atoms with Gasteiger partial charge in [-0.3, -0.25) is 0 Å². The van der Waals surface area contributed by atoms with Gasteiger partial charge in [-0.25, -0.2) is 0 Å². The van der Waals surface area contributed by atoms with E-state index in [4.69, 9.17) is 0 Å². The van der Waals surface area contributed by atoms with Crippen LogP contribution in [0.5, 0.6) is 0 Å². The van der Waals surface area contributed by atoms with E-state index in [0.29, 0.717) is 5.46 Å². The molecule has 0 amide bonds. The molecule has 0 spiro atoms. The molecule has 1 heterocycles. The maximum absolute atomic E-state index is 9.44. The molecule has 0 unspecified atom stereocenters. The lowest BCUT2D eigenvalue weighted by molar-refractivity contribution is 0.426. The summed E-state index contributed by atoms with van der Waals surface area (Å²) in [6.45, 7) is 0. The fourth-order valence-corrected chi connectivity index (χ4v) is 3.19. The monoisotopic (exact) mass is 289 g/mol. The van der Waals surface area contributed by atoms with Gasteiger partial charge in [0.05, 0.1) is 11.0 Å². The van der Waals surface area contributed by atoms with Crippen LogP contribution in [0.15, 0.2) is 60.7 Å². The Bertz CT molecular complexity index is 921. The molecule has 2 aromatic carbocycles. The summed E-state index contributed by atoms with van der Waals surface area (Å²) in [6.07, 6.45) is 8.74. The Labute approximate surface area is 128 Å². The maximum Gasteiger partial charge on any atom is 0.488 e. The zero-order valence-corrected chi connectivity index (χ0v) is 12.1. The van der Waals surface area contributed by atoms with Crippen LogP contribution < -0.4 is 5.46 Å². The minimum atomic E-state index is -1.44. The van der Waals surface area contributed by atoms with Gasteiger partial charge in [-0.15, -0.1) is 0 Å². The summed E-state index contributed by atoms with van der Waals surface area (Å²) < 4.78 is 2.24. The molecular formula is C18H16BNO2. The molecule has 0 bridgehead atoms. The Morgan fingerprint density at radius 3 is 2.50 bits per heavy atom. The maximum atomic E-state index is 9.44. The van der Waals surface area contributed by atoms with Crippen LogP contribution in [0.4, 0.5) is 0 Å². The van der Waals surface area contributed by atoms with Crippen molar-refractivity contribution in [1.82, 2.24) is 4.57 Å². The van der Waals surface area contributed by atoms with Gasteiger partial charge < -0.3 is 14.6 Å². The van der Waals surface area contributed by atoms with E-state index in [1.807, 2.05) is 24.3 Å². The van der Waals surface area contributed by atoms with Crippen LogP contribution in [0.2, 0.25) is 0 Å². The van der Waals surface area contributed by atoms with Gasteiger partial charge in [0.2, 0.25) is 0 Å². The lowest BCUT2D eigenvalue weighted by Crippen LogP contribution is -2.29. The van der Waals surface area contributed by atoms with Gasteiger partial charge in [0.1, 0.15) is 0 Å². The molecule has 0 saturated heterocycles. The lowest BCUT2D eigenvalue weighted by Gasteiger charge is -2.12. The van der Waals surface area contributed by atoms with Crippen molar-refractivity contribution >= 4 is 40.1 Å². The van der Waals surface area contributed by atoms with Crippen molar-refractivity contribution in [2.24, 2.45) is 0 Å². The van der Waals surface area contributed by atoms with E-state index < -0.39 is 7.12 Å². The highest BCUT2D eigenvalue weighted by molar-refractivity contribution is 6.59. The normalized spacial score (nSPS) is 14.5. The summed E-state index contributed by atoms with van der Waals surface area (Å²) in [5.41, 5.74) is 3.92. The third-order valence-electron chi connectivity index (χ3n) is 4.23. The standard InChI is InChI=1S/C18H16BNO2/c21-19(22)13-10-11-18-16(12-13)15-8-4-5-9-17(15)20(18)14-6-2-1-3-7-14/h2,4-12,21-22H,1,3H2. The predicted octanol–water partition coefficient (Wildman–Crippen LogP) is 2.67. The molecule has 0 radical (unpaired) electrons. The Balaban J connectivity index is 2.09. The van der Waals surface area contributed by atoms with E-state index >= 15 is 0 Å². The highest BCUT2D eigenvalue weighted by Crippen LogP contribution is 2.32. The molecule has 1 aliphatic carbocycles. The van der Waals surface area contributed by atoms with Gasteiger partial charge in [-0.1, -0.05) is 42.5 Å². The number of hydrogen-bond acceptors (Lipinski definition) is 2. The van der Waals surface area contributed by atoms with Crippen molar-refractivity contribution < 1.29 is 10.0 Å². The zero-order chi connectivity index (χ0) is 15.1. The molecule has 0 atom stereocenters. The quantitative estimate of drug-likeness (QED) is 0.712. The second-order valence-electron chi connectivity index (χ2n) is 5.61. The minimum Gasteiger partial charge on any atom is -0.423 e. The Morgan fingerprint density at radius 1 is 0.909 bits per heavy atom. The summed E-state index contributed by atoms with van der Waals surface area (Å²) in [7, 11) is -1.44. The third kappa shape index (κ3) is 2.00. The Morgan fingerprint density at radius 2 is 1.73 bits per heavy atom. The van der Waals surface area contributed by atoms with Crippen LogP contribution in [0, 0.1) is 0 Å². The smallest absolute Gasteiger partial charge is 0.423 e. The predicted molar refractivity (Wildman–Crippen MR) is 91.9 cm³/mol. The molecule has 4 rings (SSSR count). The molecule has 3 nitrogen and oxygen atoms in total. The van der Waals surface area contributed by atoms with Crippen molar-refractivity contribution in [2.75, 3.05) is 0 Å².